The lowest BCUT2D eigenvalue weighted by molar-refractivity contribution is 0.0694. The number of hydrogen-bond acceptors (Lipinski definition) is 4. The van der Waals surface area contributed by atoms with Gasteiger partial charge in [0.1, 0.15) is 6.61 Å². The maximum Gasteiger partial charge on any atom is 0.410 e. The van der Waals surface area contributed by atoms with Crippen molar-refractivity contribution in [1.29, 1.82) is 0 Å². The topological polar surface area (TPSA) is 84.7 Å². The molecule has 0 saturated carbocycles. The Bertz CT molecular complexity index is 714. The number of carboxylic acids is 1. The van der Waals surface area contributed by atoms with Crippen LogP contribution >= 0.6 is 0 Å². The van der Waals surface area contributed by atoms with E-state index in [1.165, 1.54) is 12.4 Å². The van der Waals surface area contributed by atoms with Gasteiger partial charge in [0.25, 0.3) is 0 Å². The minimum absolute atomic E-state index is 0.0314. The third-order valence-corrected chi connectivity index (χ3v) is 4.08. The van der Waals surface area contributed by atoms with Crippen molar-refractivity contribution >= 4 is 12.1 Å². The molecule has 1 amide bonds. The van der Waals surface area contributed by atoms with E-state index in [1.807, 2.05) is 30.3 Å². The van der Waals surface area contributed by atoms with Gasteiger partial charge in [0.2, 0.25) is 0 Å². The Labute approximate surface area is 139 Å². The van der Waals surface area contributed by atoms with E-state index in [4.69, 9.17) is 9.84 Å². The first-order valence-electron chi connectivity index (χ1n) is 7.86. The predicted octanol–water partition coefficient (Wildman–Crippen LogP) is 2.56. The quantitative estimate of drug-likeness (QED) is 0.932. The Morgan fingerprint density at radius 2 is 2.08 bits per heavy atom. The molecule has 1 aliphatic heterocycles. The van der Waals surface area contributed by atoms with Gasteiger partial charge < -0.3 is 14.7 Å². The molecule has 1 aromatic heterocycles. The van der Waals surface area contributed by atoms with Gasteiger partial charge in [0.05, 0.1) is 17.8 Å². The van der Waals surface area contributed by atoms with E-state index in [1.54, 1.807) is 9.58 Å². The summed E-state index contributed by atoms with van der Waals surface area (Å²) in [6.45, 7) is 1.34. The molecule has 24 heavy (non-hydrogen) atoms. The van der Waals surface area contributed by atoms with Gasteiger partial charge >= 0.3 is 12.1 Å². The fourth-order valence-corrected chi connectivity index (χ4v) is 2.80. The Kier molecular flexibility index (Phi) is 4.79. The number of likely N-dealkylation sites (tertiary alicyclic amines) is 1. The first-order chi connectivity index (χ1) is 11.6. The molecule has 0 aliphatic carbocycles. The molecule has 2 heterocycles. The first kappa shape index (κ1) is 16.0. The molecule has 1 atom stereocenters. The molecule has 1 aliphatic rings. The van der Waals surface area contributed by atoms with E-state index in [0.29, 0.717) is 13.1 Å². The van der Waals surface area contributed by atoms with Crippen LogP contribution in [-0.4, -0.2) is 44.9 Å². The summed E-state index contributed by atoms with van der Waals surface area (Å²) < 4.78 is 6.98. The number of aromatic carboxylic acids is 1. The van der Waals surface area contributed by atoms with Gasteiger partial charge in [-0.1, -0.05) is 30.3 Å². The van der Waals surface area contributed by atoms with Gasteiger partial charge in [-0.3, -0.25) is 4.68 Å². The van der Waals surface area contributed by atoms with Crippen molar-refractivity contribution in [3.05, 3.63) is 53.9 Å². The number of piperidine rings is 1. The van der Waals surface area contributed by atoms with Gasteiger partial charge in [-0.05, 0) is 18.4 Å². The lowest BCUT2D eigenvalue weighted by Gasteiger charge is -2.32. The fraction of sp³-hybridized carbons (Fsp3) is 0.353. The summed E-state index contributed by atoms with van der Waals surface area (Å²) in [7, 11) is 0. The second-order valence-electron chi connectivity index (χ2n) is 5.80. The van der Waals surface area contributed by atoms with Crippen LogP contribution in [0.4, 0.5) is 4.79 Å². The van der Waals surface area contributed by atoms with E-state index >= 15 is 0 Å². The Morgan fingerprint density at radius 3 is 2.79 bits per heavy atom. The normalized spacial score (nSPS) is 17.5. The van der Waals surface area contributed by atoms with Crippen molar-refractivity contribution in [2.24, 2.45) is 0 Å². The molecule has 7 nitrogen and oxygen atoms in total. The molecule has 1 N–H and O–H groups in total. The number of ether oxygens (including phenoxy) is 1. The van der Waals surface area contributed by atoms with Crippen LogP contribution < -0.4 is 0 Å². The SMILES string of the molecule is O=C(O)c1cnn([C@@H]2CCCN(C(=O)OCc3ccccc3)C2)c1. The lowest BCUT2D eigenvalue weighted by Crippen LogP contribution is -2.41. The highest BCUT2D eigenvalue weighted by molar-refractivity contribution is 5.86. The lowest BCUT2D eigenvalue weighted by atomic mass is 10.1. The van der Waals surface area contributed by atoms with E-state index in [9.17, 15) is 9.59 Å². The zero-order valence-corrected chi connectivity index (χ0v) is 13.2. The zero-order chi connectivity index (χ0) is 16.9. The summed E-state index contributed by atoms with van der Waals surface area (Å²) in [6, 6.07) is 9.50. The number of carbonyl (C=O) groups is 2. The Morgan fingerprint density at radius 1 is 1.29 bits per heavy atom. The molecule has 2 aromatic rings. The van der Waals surface area contributed by atoms with Crippen molar-refractivity contribution in [1.82, 2.24) is 14.7 Å². The summed E-state index contributed by atoms with van der Waals surface area (Å²) in [6.07, 6.45) is 4.16. The minimum Gasteiger partial charge on any atom is -0.478 e. The Hall–Kier alpha value is -2.83. The van der Waals surface area contributed by atoms with Crippen LogP contribution in [0.15, 0.2) is 42.7 Å². The average molecular weight is 329 g/mol. The molecule has 7 heteroatoms. The van der Waals surface area contributed by atoms with Gasteiger partial charge in [-0.2, -0.15) is 5.10 Å². The van der Waals surface area contributed by atoms with Crippen LogP contribution in [0, 0.1) is 0 Å². The summed E-state index contributed by atoms with van der Waals surface area (Å²) in [5.74, 6) is -1.00. The number of hydrogen-bond donors (Lipinski definition) is 1. The second kappa shape index (κ2) is 7.16. The summed E-state index contributed by atoms with van der Waals surface area (Å²) in [4.78, 5) is 24.8. The third-order valence-electron chi connectivity index (χ3n) is 4.08. The highest BCUT2D eigenvalue weighted by Gasteiger charge is 2.26. The highest BCUT2D eigenvalue weighted by Crippen LogP contribution is 2.22. The van der Waals surface area contributed by atoms with E-state index in [2.05, 4.69) is 5.10 Å². The van der Waals surface area contributed by atoms with Crippen molar-refractivity contribution in [2.75, 3.05) is 13.1 Å². The number of aromatic nitrogens is 2. The zero-order valence-electron chi connectivity index (χ0n) is 13.2. The third kappa shape index (κ3) is 3.73. The molecule has 1 aromatic carbocycles. The molecular formula is C17H19N3O4. The molecule has 0 radical (unpaired) electrons. The van der Waals surface area contributed by atoms with Gasteiger partial charge in [-0.15, -0.1) is 0 Å². The first-order valence-corrected chi connectivity index (χ1v) is 7.86. The minimum atomic E-state index is -1.00. The summed E-state index contributed by atoms with van der Waals surface area (Å²) >= 11 is 0. The smallest absolute Gasteiger partial charge is 0.410 e. The fourth-order valence-electron chi connectivity index (χ4n) is 2.80. The molecule has 1 fully saturated rings. The summed E-state index contributed by atoms with van der Waals surface area (Å²) in [5.41, 5.74) is 1.09. The van der Waals surface area contributed by atoms with Gasteiger partial charge in [0, 0.05) is 19.3 Å². The summed E-state index contributed by atoms with van der Waals surface area (Å²) in [5, 5.41) is 13.1. The molecule has 0 spiro atoms. The van der Waals surface area contributed by atoms with Crippen molar-refractivity contribution in [3.8, 4) is 0 Å². The Balaban J connectivity index is 1.58. The monoisotopic (exact) mass is 329 g/mol. The second-order valence-corrected chi connectivity index (χ2v) is 5.80. The largest absolute Gasteiger partial charge is 0.478 e. The molecule has 126 valence electrons. The van der Waals surface area contributed by atoms with Crippen LogP contribution in [0.1, 0.15) is 34.8 Å². The van der Waals surface area contributed by atoms with Crippen molar-refractivity contribution < 1.29 is 19.4 Å². The maximum atomic E-state index is 12.2. The average Bonchev–Trinajstić information content (AvgIpc) is 3.11. The number of carbonyl (C=O) groups excluding carboxylic acids is 1. The number of benzene rings is 1. The maximum absolute atomic E-state index is 12.2. The number of nitrogens with zero attached hydrogens (tertiary/aromatic N) is 3. The highest BCUT2D eigenvalue weighted by atomic mass is 16.6. The van der Waals surface area contributed by atoms with Crippen LogP contribution in [0.25, 0.3) is 0 Å². The van der Waals surface area contributed by atoms with E-state index in [-0.39, 0.29) is 24.3 Å². The van der Waals surface area contributed by atoms with Crippen LogP contribution in [0.2, 0.25) is 0 Å². The predicted molar refractivity (Wildman–Crippen MR) is 85.7 cm³/mol. The molecular weight excluding hydrogens is 310 g/mol. The van der Waals surface area contributed by atoms with Crippen LogP contribution in [0.3, 0.4) is 0 Å². The van der Waals surface area contributed by atoms with Gasteiger partial charge in [-0.25, -0.2) is 9.59 Å². The molecule has 3 rings (SSSR count). The molecule has 1 saturated heterocycles. The number of amides is 1. The van der Waals surface area contributed by atoms with Crippen molar-refractivity contribution in [2.45, 2.75) is 25.5 Å². The van der Waals surface area contributed by atoms with Crippen LogP contribution in [-0.2, 0) is 11.3 Å². The number of rotatable bonds is 4. The standard InChI is InChI=1S/C17H19N3O4/c21-16(22)14-9-18-20(10-14)15-7-4-8-19(11-15)17(23)24-12-13-5-2-1-3-6-13/h1-3,5-6,9-10,15H,4,7-8,11-12H2,(H,21,22)/t15-/m1/s1. The van der Waals surface area contributed by atoms with E-state index in [0.717, 1.165) is 18.4 Å². The van der Waals surface area contributed by atoms with Crippen LogP contribution in [0.5, 0.6) is 0 Å². The van der Waals surface area contributed by atoms with Gasteiger partial charge in [0.15, 0.2) is 0 Å². The molecule has 0 unspecified atom stereocenters. The van der Waals surface area contributed by atoms with Crippen molar-refractivity contribution in [3.63, 3.8) is 0 Å². The molecule has 0 bridgehead atoms. The number of carboxylic acid groups (broad SMARTS) is 1. The van der Waals surface area contributed by atoms with E-state index < -0.39 is 5.97 Å².